The van der Waals surface area contributed by atoms with Crippen LogP contribution in [0.25, 0.3) is 10.9 Å². The topological polar surface area (TPSA) is 85.7 Å². The summed E-state index contributed by atoms with van der Waals surface area (Å²) in [4.78, 5) is 8.88. The Kier molecular flexibility index (Phi) is 8.16. The van der Waals surface area contributed by atoms with Gasteiger partial charge in [0, 0.05) is 37.2 Å². The Bertz CT molecular complexity index is 1140. The largest absolute Gasteiger partial charge is 0.493 e. The molecule has 0 fully saturated rings. The highest BCUT2D eigenvalue weighted by molar-refractivity contribution is 5.92. The molecule has 1 aromatic heterocycles. The first-order valence-electron chi connectivity index (χ1n) is 10.7. The van der Waals surface area contributed by atoms with Gasteiger partial charge in [0.05, 0.1) is 30.8 Å². The second-order valence-electron chi connectivity index (χ2n) is 7.77. The van der Waals surface area contributed by atoms with Gasteiger partial charge in [0.15, 0.2) is 11.5 Å². The molecule has 0 aliphatic heterocycles. The summed E-state index contributed by atoms with van der Waals surface area (Å²) < 4.78 is 59.2. The van der Waals surface area contributed by atoms with Crippen molar-refractivity contribution in [2.24, 2.45) is 0 Å². The maximum absolute atomic E-state index is 15.0. The second-order valence-corrected chi connectivity index (χ2v) is 7.77. The standard InChI is InChI=1S/C24H28F3N3O4/c1-14(16-7-5-8-18(22(16)25)24(26,27)13-31)28-23-17-11-21(34-10-6-9-32-3)20(33-4)12-19(17)29-15(2)30-23/h5,7-8,11-12,14,31H,6,9-10,13H2,1-4H3,(H,28,29,30)/t14-/m1/s1. The number of anilines is 1. The van der Waals surface area contributed by atoms with E-state index in [4.69, 9.17) is 19.3 Å². The smallest absolute Gasteiger partial charge is 0.298 e. The minimum absolute atomic E-state index is 0.0135. The lowest BCUT2D eigenvalue weighted by molar-refractivity contribution is -0.0583. The number of aromatic nitrogens is 2. The molecule has 184 valence electrons. The summed E-state index contributed by atoms with van der Waals surface area (Å²) in [5.41, 5.74) is -0.273. The fourth-order valence-corrected chi connectivity index (χ4v) is 3.56. The van der Waals surface area contributed by atoms with E-state index >= 15 is 0 Å². The molecule has 34 heavy (non-hydrogen) atoms. The molecule has 3 rings (SSSR count). The summed E-state index contributed by atoms with van der Waals surface area (Å²) in [6, 6.07) is 6.42. The van der Waals surface area contributed by atoms with E-state index in [0.29, 0.717) is 53.7 Å². The zero-order valence-corrected chi connectivity index (χ0v) is 19.5. The van der Waals surface area contributed by atoms with E-state index in [-0.39, 0.29) is 5.56 Å². The minimum Gasteiger partial charge on any atom is -0.493 e. The molecule has 0 saturated carbocycles. The van der Waals surface area contributed by atoms with Crippen LogP contribution in [-0.2, 0) is 10.7 Å². The Morgan fingerprint density at radius 3 is 2.56 bits per heavy atom. The van der Waals surface area contributed by atoms with E-state index in [9.17, 15) is 13.2 Å². The summed E-state index contributed by atoms with van der Waals surface area (Å²) in [5, 5.41) is 12.7. The molecule has 0 saturated heterocycles. The van der Waals surface area contributed by atoms with Gasteiger partial charge in [0.25, 0.3) is 5.92 Å². The van der Waals surface area contributed by atoms with Crippen molar-refractivity contribution < 1.29 is 32.5 Å². The maximum atomic E-state index is 15.0. The average Bonchev–Trinajstić information content (AvgIpc) is 2.81. The van der Waals surface area contributed by atoms with Crippen LogP contribution in [-0.4, -0.2) is 49.1 Å². The molecule has 0 aliphatic carbocycles. The predicted octanol–water partition coefficient (Wildman–Crippen LogP) is 4.76. The van der Waals surface area contributed by atoms with Gasteiger partial charge in [-0.25, -0.2) is 14.4 Å². The number of alkyl halides is 2. The molecule has 0 aliphatic rings. The number of ether oxygens (including phenoxy) is 3. The van der Waals surface area contributed by atoms with Crippen molar-refractivity contribution in [3.05, 3.63) is 53.1 Å². The Morgan fingerprint density at radius 2 is 1.88 bits per heavy atom. The maximum Gasteiger partial charge on any atom is 0.298 e. The van der Waals surface area contributed by atoms with Crippen LogP contribution in [0.5, 0.6) is 11.5 Å². The second kappa shape index (κ2) is 10.9. The predicted molar refractivity (Wildman–Crippen MR) is 122 cm³/mol. The number of nitrogens with zero attached hydrogens (tertiary/aromatic N) is 2. The van der Waals surface area contributed by atoms with Crippen LogP contribution in [0.4, 0.5) is 19.0 Å². The molecular weight excluding hydrogens is 451 g/mol. The minimum atomic E-state index is -3.69. The highest BCUT2D eigenvalue weighted by atomic mass is 19.3. The van der Waals surface area contributed by atoms with Crippen molar-refractivity contribution in [1.82, 2.24) is 9.97 Å². The third-order valence-electron chi connectivity index (χ3n) is 5.28. The van der Waals surface area contributed by atoms with E-state index in [1.54, 1.807) is 33.1 Å². The van der Waals surface area contributed by atoms with E-state index < -0.39 is 30.0 Å². The van der Waals surface area contributed by atoms with Gasteiger partial charge in [-0.1, -0.05) is 12.1 Å². The van der Waals surface area contributed by atoms with Crippen LogP contribution < -0.4 is 14.8 Å². The van der Waals surface area contributed by atoms with Crippen molar-refractivity contribution in [1.29, 1.82) is 0 Å². The normalized spacial score (nSPS) is 12.6. The van der Waals surface area contributed by atoms with Crippen molar-refractivity contribution in [3.63, 3.8) is 0 Å². The Balaban J connectivity index is 1.99. The molecule has 0 bridgehead atoms. The fraction of sp³-hybridized carbons (Fsp3) is 0.417. The number of hydrogen-bond donors (Lipinski definition) is 2. The Labute approximate surface area is 195 Å². The molecule has 0 amide bonds. The number of aliphatic hydroxyl groups is 1. The first kappa shape index (κ1) is 25.5. The summed E-state index contributed by atoms with van der Waals surface area (Å²) in [7, 11) is 3.13. The molecule has 1 heterocycles. The molecule has 0 spiro atoms. The first-order valence-corrected chi connectivity index (χ1v) is 10.7. The monoisotopic (exact) mass is 479 g/mol. The summed E-state index contributed by atoms with van der Waals surface area (Å²) >= 11 is 0. The first-order chi connectivity index (χ1) is 16.2. The highest BCUT2D eigenvalue weighted by Crippen LogP contribution is 2.37. The number of benzene rings is 2. The van der Waals surface area contributed by atoms with Crippen molar-refractivity contribution in [2.75, 3.05) is 39.4 Å². The van der Waals surface area contributed by atoms with E-state index in [2.05, 4.69) is 15.3 Å². The van der Waals surface area contributed by atoms with Gasteiger partial charge < -0.3 is 24.6 Å². The molecule has 2 aromatic carbocycles. The average molecular weight is 479 g/mol. The van der Waals surface area contributed by atoms with Crippen LogP contribution in [0.2, 0.25) is 0 Å². The van der Waals surface area contributed by atoms with Crippen molar-refractivity contribution >= 4 is 16.7 Å². The zero-order valence-electron chi connectivity index (χ0n) is 19.5. The third-order valence-corrected chi connectivity index (χ3v) is 5.28. The molecule has 10 heteroatoms. The third kappa shape index (κ3) is 5.51. The number of halogens is 3. The number of fused-ring (bicyclic) bond motifs is 1. The van der Waals surface area contributed by atoms with E-state index in [0.717, 1.165) is 6.07 Å². The van der Waals surface area contributed by atoms with Gasteiger partial charge in [-0.05, 0) is 26.0 Å². The summed E-state index contributed by atoms with van der Waals surface area (Å²) in [6.45, 7) is 2.80. The van der Waals surface area contributed by atoms with E-state index in [1.165, 1.54) is 19.2 Å². The van der Waals surface area contributed by atoms with Crippen molar-refractivity contribution in [3.8, 4) is 11.5 Å². The van der Waals surface area contributed by atoms with Gasteiger partial charge >= 0.3 is 0 Å². The number of nitrogens with one attached hydrogen (secondary N) is 1. The van der Waals surface area contributed by atoms with Gasteiger partial charge in [0.1, 0.15) is 24.1 Å². The molecule has 2 N–H and O–H groups in total. The SMILES string of the molecule is COCCCOc1cc2c(N[C@H](C)c3cccc(C(F)(F)CO)c3F)nc(C)nc2cc1OC. The lowest BCUT2D eigenvalue weighted by atomic mass is 10.00. The molecule has 7 nitrogen and oxygen atoms in total. The fourth-order valence-electron chi connectivity index (χ4n) is 3.56. The zero-order chi connectivity index (χ0) is 24.9. The van der Waals surface area contributed by atoms with Gasteiger partial charge in [-0.15, -0.1) is 0 Å². The highest BCUT2D eigenvalue weighted by Gasteiger charge is 2.35. The van der Waals surface area contributed by atoms with Gasteiger partial charge in [-0.3, -0.25) is 0 Å². The van der Waals surface area contributed by atoms with Gasteiger partial charge in [-0.2, -0.15) is 8.78 Å². The van der Waals surface area contributed by atoms with Crippen LogP contribution in [0, 0.1) is 12.7 Å². The molecule has 1 atom stereocenters. The molecular formula is C24H28F3N3O4. The molecule has 0 unspecified atom stereocenters. The lowest BCUT2D eigenvalue weighted by Crippen LogP contribution is -2.22. The van der Waals surface area contributed by atoms with Crippen molar-refractivity contribution in [2.45, 2.75) is 32.2 Å². The van der Waals surface area contributed by atoms with Crippen LogP contribution >= 0.6 is 0 Å². The summed E-state index contributed by atoms with van der Waals surface area (Å²) in [5.74, 6) is -2.96. The number of aliphatic hydroxyl groups excluding tert-OH is 1. The van der Waals surface area contributed by atoms with Crippen LogP contribution in [0.15, 0.2) is 30.3 Å². The Hall–Kier alpha value is -3.11. The molecule has 0 radical (unpaired) electrons. The molecule has 3 aromatic rings. The van der Waals surface area contributed by atoms with Gasteiger partial charge in [0.2, 0.25) is 0 Å². The summed E-state index contributed by atoms with van der Waals surface area (Å²) in [6.07, 6.45) is 0.679. The number of methoxy groups -OCH3 is 2. The van der Waals surface area contributed by atoms with E-state index in [1.807, 2.05) is 0 Å². The Morgan fingerprint density at radius 1 is 1.12 bits per heavy atom. The quantitative estimate of drug-likeness (QED) is 0.384. The van der Waals surface area contributed by atoms with Crippen LogP contribution in [0.1, 0.15) is 36.3 Å². The number of hydrogen-bond acceptors (Lipinski definition) is 7. The lowest BCUT2D eigenvalue weighted by Gasteiger charge is -2.21. The number of aryl methyl sites for hydroxylation is 1. The van der Waals surface area contributed by atoms with Crippen LogP contribution in [0.3, 0.4) is 0 Å². The number of rotatable bonds is 11.